The van der Waals surface area contributed by atoms with Crippen molar-refractivity contribution >= 4 is 15.5 Å². The minimum absolute atomic E-state index is 0.120. The summed E-state index contributed by atoms with van der Waals surface area (Å²) < 4.78 is 23.6. The van der Waals surface area contributed by atoms with E-state index in [0.717, 1.165) is 0 Å². The lowest BCUT2D eigenvalue weighted by atomic mass is 10.2. The Hall–Kier alpha value is -1.10. The van der Waals surface area contributed by atoms with E-state index in [0.29, 0.717) is 12.2 Å². The Balaban J connectivity index is 2.57. The normalized spacial score (nSPS) is 24.5. The Morgan fingerprint density at radius 2 is 2.36 bits per heavy atom. The lowest BCUT2D eigenvalue weighted by molar-refractivity contribution is 0.579. The molecular weight excluding hydrogens is 200 g/mol. The second kappa shape index (κ2) is 3.24. The molecule has 4 nitrogen and oxygen atoms in total. The van der Waals surface area contributed by atoms with E-state index in [1.54, 1.807) is 12.1 Å². The van der Waals surface area contributed by atoms with Crippen LogP contribution in [0.3, 0.4) is 0 Å². The Labute approximate surface area is 83.3 Å². The van der Waals surface area contributed by atoms with Crippen molar-refractivity contribution in [2.75, 3.05) is 17.6 Å². The maximum absolute atomic E-state index is 11.8. The number of fused-ring (bicyclic) bond motifs is 1. The molecule has 1 aromatic heterocycles. The smallest absolute Gasteiger partial charge is 0.198 e. The van der Waals surface area contributed by atoms with Crippen molar-refractivity contribution in [3.05, 3.63) is 18.3 Å². The van der Waals surface area contributed by atoms with Crippen molar-refractivity contribution in [1.29, 1.82) is 0 Å². The fraction of sp³-hybridized carbons (Fsp3) is 0.444. The highest BCUT2D eigenvalue weighted by molar-refractivity contribution is 7.91. The van der Waals surface area contributed by atoms with Crippen molar-refractivity contribution in [3.8, 4) is 0 Å². The fourth-order valence-electron chi connectivity index (χ4n) is 1.57. The molecule has 2 heterocycles. The third-order valence-electron chi connectivity index (χ3n) is 2.21. The topological polar surface area (TPSA) is 59.1 Å². The molecular formula is C9H12N2O2S. The minimum Gasteiger partial charge on any atom is -0.382 e. The van der Waals surface area contributed by atoms with Gasteiger partial charge in [0.15, 0.2) is 14.9 Å². The summed E-state index contributed by atoms with van der Waals surface area (Å²) in [6.45, 7) is 2.59. The van der Waals surface area contributed by atoms with Gasteiger partial charge >= 0.3 is 0 Å². The number of nitrogens with zero attached hydrogens (tertiary/aromatic N) is 1. The standard InChI is InChI=1S/C9H12N2O2S/c1-7-5-11-8-3-2-4-10-9(8)14(12,13)6-7/h2-4,7,11H,5-6H2,1H3. The second-order valence-electron chi connectivity index (χ2n) is 3.62. The molecule has 0 saturated carbocycles. The van der Waals surface area contributed by atoms with E-state index in [4.69, 9.17) is 0 Å². The van der Waals surface area contributed by atoms with Crippen molar-refractivity contribution in [2.45, 2.75) is 11.9 Å². The Morgan fingerprint density at radius 3 is 3.14 bits per heavy atom. The van der Waals surface area contributed by atoms with Gasteiger partial charge in [-0.25, -0.2) is 13.4 Å². The molecule has 76 valence electrons. The van der Waals surface area contributed by atoms with Crippen LogP contribution in [0.5, 0.6) is 0 Å². The molecule has 2 rings (SSSR count). The number of anilines is 1. The molecule has 1 N–H and O–H groups in total. The fourth-order valence-corrected chi connectivity index (χ4v) is 3.29. The maximum Gasteiger partial charge on any atom is 0.198 e. The number of hydrogen-bond acceptors (Lipinski definition) is 4. The third-order valence-corrected chi connectivity index (χ3v) is 4.13. The zero-order chi connectivity index (χ0) is 10.2. The van der Waals surface area contributed by atoms with E-state index in [1.165, 1.54) is 6.20 Å². The average molecular weight is 212 g/mol. The van der Waals surface area contributed by atoms with Crippen molar-refractivity contribution < 1.29 is 8.42 Å². The lowest BCUT2D eigenvalue weighted by Crippen LogP contribution is -2.16. The zero-order valence-electron chi connectivity index (χ0n) is 7.90. The van der Waals surface area contributed by atoms with E-state index < -0.39 is 9.84 Å². The van der Waals surface area contributed by atoms with E-state index in [1.807, 2.05) is 6.92 Å². The van der Waals surface area contributed by atoms with Gasteiger partial charge in [-0.3, -0.25) is 0 Å². The van der Waals surface area contributed by atoms with Gasteiger partial charge in [0.25, 0.3) is 0 Å². The van der Waals surface area contributed by atoms with E-state index in [2.05, 4.69) is 10.3 Å². The van der Waals surface area contributed by atoms with Gasteiger partial charge < -0.3 is 5.32 Å². The molecule has 0 radical (unpaired) electrons. The molecule has 14 heavy (non-hydrogen) atoms. The number of hydrogen-bond donors (Lipinski definition) is 1. The van der Waals surface area contributed by atoms with Crippen molar-refractivity contribution in [2.24, 2.45) is 5.92 Å². The monoisotopic (exact) mass is 212 g/mol. The predicted octanol–water partition coefficient (Wildman–Crippen LogP) is 0.917. The van der Waals surface area contributed by atoms with Crippen molar-refractivity contribution in [1.82, 2.24) is 4.98 Å². The summed E-state index contributed by atoms with van der Waals surface area (Å²) in [6, 6.07) is 3.48. The number of pyridine rings is 1. The second-order valence-corrected chi connectivity index (χ2v) is 5.57. The van der Waals surface area contributed by atoms with E-state index >= 15 is 0 Å². The SMILES string of the molecule is CC1CNc2cccnc2S(=O)(=O)C1. The molecule has 1 aliphatic heterocycles. The molecule has 0 fully saturated rings. The largest absolute Gasteiger partial charge is 0.382 e. The molecule has 0 spiro atoms. The number of rotatable bonds is 0. The van der Waals surface area contributed by atoms with Crippen LogP contribution in [-0.4, -0.2) is 25.7 Å². The van der Waals surface area contributed by atoms with E-state index in [-0.39, 0.29) is 16.7 Å². The summed E-state index contributed by atoms with van der Waals surface area (Å²) in [5, 5.41) is 3.27. The molecule has 1 aliphatic rings. The number of sulfone groups is 1. The summed E-state index contributed by atoms with van der Waals surface area (Å²) >= 11 is 0. The minimum atomic E-state index is -3.20. The lowest BCUT2D eigenvalue weighted by Gasteiger charge is -2.05. The number of aromatic nitrogens is 1. The van der Waals surface area contributed by atoms with Crippen LogP contribution in [0.25, 0.3) is 0 Å². The first-order valence-corrected chi connectivity index (χ1v) is 6.16. The summed E-state index contributed by atoms with van der Waals surface area (Å²) in [5.41, 5.74) is 0.622. The van der Waals surface area contributed by atoms with Gasteiger partial charge in [0.2, 0.25) is 0 Å². The first-order chi connectivity index (χ1) is 6.59. The quantitative estimate of drug-likeness (QED) is 0.694. The predicted molar refractivity (Wildman–Crippen MR) is 53.9 cm³/mol. The van der Waals surface area contributed by atoms with Crippen LogP contribution >= 0.6 is 0 Å². The zero-order valence-corrected chi connectivity index (χ0v) is 8.71. The van der Waals surface area contributed by atoms with Gasteiger partial charge in [-0.2, -0.15) is 0 Å². The van der Waals surface area contributed by atoms with E-state index in [9.17, 15) is 8.42 Å². The molecule has 0 bridgehead atoms. The molecule has 1 aromatic rings. The van der Waals surface area contributed by atoms with Crippen molar-refractivity contribution in [3.63, 3.8) is 0 Å². The maximum atomic E-state index is 11.8. The van der Waals surface area contributed by atoms with Crippen LogP contribution in [-0.2, 0) is 9.84 Å². The third kappa shape index (κ3) is 1.59. The molecule has 0 saturated heterocycles. The number of nitrogens with one attached hydrogen (secondary N) is 1. The van der Waals surface area contributed by atoms with Gasteiger partial charge in [-0.1, -0.05) is 6.92 Å². The Kier molecular flexibility index (Phi) is 2.19. The highest BCUT2D eigenvalue weighted by Gasteiger charge is 2.26. The highest BCUT2D eigenvalue weighted by Crippen LogP contribution is 2.24. The Morgan fingerprint density at radius 1 is 1.57 bits per heavy atom. The van der Waals surface area contributed by atoms with Gasteiger partial charge in [-0.15, -0.1) is 0 Å². The van der Waals surface area contributed by atoms with Gasteiger partial charge in [-0.05, 0) is 18.1 Å². The molecule has 1 atom stereocenters. The van der Waals surface area contributed by atoms with Crippen LogP contribution < -0.4 is 5.32 Å². The summed E-state index contributed by atoms with van der Waals surface area (Å²) in [5.74, 6) is 0.290. The van der Waals surface area contributed by atoms with Gasteiger partial charge in [0.1, 0.15) is 0 Å². The average Bonchev–Trinajstić information content (AvgIpc) is 2.24. The van der Waals surface area contributed by atoms with Gasteiger partial charge in [0.05, 0.1) is 11.4 Å². The molecule has 0 aromatic carbocycles. The summed E-state index contributed by atoms with van der Waals surface area (Å²) in [4.78, 5) is 3.92. The first kappa shape index (κ1) is 9.45. The van der Waals surface area contributed by atoms with Crippen LogP contribution in [0, 0.1) is 5.92 Å². The van der Waals surface area contributed by atoms with Crippen LogP contribution in [0.15, 0.2) is 23.4 Å². The summed E-state index contributed by atoms with van der Waals surface area (Å²) in [7, 11) is -3.20. The van der Waals surface area contributed by atoms with Crippen LogP contribution in [0.1, 0.15) is 6.92 Å². The van der Waals surface area contributed by atoms with Crippen LogP contribution in [0.2, 0.25) is 0 Å². The molecule has 0 amide bonds. The molecule has 0 aliphatic carbocycles. The highest BCUT2D eigenvalue weighted by atomic mass is 32.2. The summed E-state index contributed by atoms with van der Waals surface area (Å²) in [6.07, 6.45) is 1.51. The molecule has 5 heteroatoms. The van der Waals surface area contributed by atoms with Gasteiger partial charge in [0, 0.05) is 12.7 Å². The molecule has 1 unspecified atom stereocenters. The first-order valence-electron chi connectivity index (χ1n) is 4.51. The Bertz CT molecular complexity index is 442. The van der Waals surface area contributed by atoms with Crippen LogP contribution in [0.4, 0.5) is 5.69 Å².